The quantitative estimate of drug-likeness (QED) is 0.628. The Morgan fingerprint density at radius 2 is 1.54 bits per heavy atom. The molecule has 1 aliphatic carbocycles. The zero-order chi connectivity index (χ0) is 9.15. The summed E-state index contributed by atoms with van der Waals surface area (Å²) in [5.74, 6) is 2.65. The fraction of sp³-hybridized carbons (Fsp3) is 1.00. The molecule has 0 radical (unpaired) electrons. The van der Waals surface area contributed by atoms with Crippen molar-refractivity contribution in [1.29, 1.82) is 0 Å². The smallest absolute Gasteiger partial charge is 0.0693 e. The molecule has 0 bridgehead atoms. The summed E-state index contributed by atoms with van der Waals surface area (Å²) in [4.78, 5) is 0.147. The molecule has 0 aromatic carbocycles. The highest BCUT2D eigenvalue weighted by atomic mass is 35.5. The average Bonchev–Trinajstić information content (AvgIpc) is 2.20. The highest BCUT2D eigenvalue weighted by Crippen LogP contribution is 2.48. The predicted molar refractivity (Wildman–Crippen MR) is 65.0 cm³/mol. The first-order valence-electron chi connectivity index (χ1n) is 5.23. The van der Waals surface area contributed by atoms with Gasteiger partial charge in [-0.2, -0.15) is 0 Å². The van der Waals surface area contributed by atoms with Gasteiger partial charge in [0.05, 0.1) is 9.46 Å². The van der Waals surface area contributed by atoms with E-state index < -0.39 is 0 Å². The van der Waals surface area contributed by atoms with E-state index in [2.05, 4.69) is 23.5 Å². The largest absolute Gasteiger partial charge is 0.146 e. The summed E-state index contributed by atoms with van der Waals surface area (Å²) in [6.07, 6.45) is 7.97. The normalized spacial score (nSPS) is 30.2. The van der Waals surface area contributed by atoms with Crippen LogP contribution in [0.5, 0.6) is 0 Å². The second-order valence-electron chi connectivity index (χ2n) is 4.02. The van der Waals surface area contributed by atoms with Crippen LogP contribution in [0.3, 0.4) is 0 Å². The average molecular weight is 237 g/mol. The summed E-state index contributed by atoms with van der Waals surface area (Å²) in [7, 11) is 0. The fourth-order valence-electron chi connectivity index (χ4n) is 2.16. The number of hydrogen-bond acceptors (Lipinski definition) is 2. The Morgan fingerprint density at radius 3 is 2.15 bits per heavy atom. The van der Waals surface area contributed by atoms with Gasteiger partial charge in [-0.15, -0.1) is 35.1 Å². The van der Waals surface area contributed by atoms with Gasteiger partial charge < -0.3 is 0 Å². The monoisotopic (exact) mass is 236 g/mol. The molecular formula is C10H17ClS2. The molecule has 1 saturated carbocycles. The third kappa shape index (κ3) is 2.51. The SMILES string of the molecule is ClC1(C2SCCCS2)CCCCC1. The molecule has 1 heterocycles. The maximum atomic E-state index is 6.71. The molecule has 2 aliphatic rings. The van der Waals surface area contributed by atoms with Crippen LogP contribution in [0.25, 0.3) is 0 Å². The second-order valence-corrected chi connectivity index (χ2v) is 7.50. The highest BCUT2D eigenvalue weighted by Gasteiger charge is 2.39. The molecule has 2 rings (SSSR count). The van der Waals surface area contributed by atoms with Gasteiger partial charge in [-0.25, -0.2) is 0 Å². The number of alkyl halides is 1. The van der Waals surface area contributed by atoms with Gasteiger partial charge in [0.1, 0.15) is 0 Å². The number of thioether (sulfide) groups is 2. The standard InChI is InChI=1S/C10H17ClS2/c11-10(5-2-1-3-6-10)9-12-7-4-8-13-9/h9H,1-8H2. The summed E-state index contributed by atoms with van der Waals surface area (Å²) in [6, 6.07) is 0. The summed E-state index contributed by atoms with van der Waals surface area (Å²) in [6.45, 7) is 0. The highest BCUT2D eigenvalue weighted by molar-refractivity contribution is 8.17. The molecule has 2 fully saturated rings. The summed E-state index contributed by atoms with van der Waals surface area (Å²) < 4.78 is 0.684. The van der Waals surface area contributed by atoms with Crippen LogP contribution in [0.4, 0.5) is 0 Å². The molecule has 0 N–H and O–H groups in total. The van der Waals surface area contributed by atoms with E-state index in [-0.39, 0.29) is 4.87 Å². The van der Waals surface area contributed by atoms with Gasteiger partial charge in [0.15, 0.2) is 0 Å². The predicted octanol–water partition coefficient (Wildman–Crippen LogP) is 4.12. The molecule has 0 amide bonds. The molecule has 3 heteroatoms. The van der Waals surface area contributed by atoms with Crippen molar-refractivity contribution in [3.05, 3.63) is 0 Å². The van der Waals surface area contributed by atoms with Gasteiger partial charge >= 0.3 is 0 Å². The van der Waals surface area contributed by atoms with Crippen LogP contribution in [0.15, 0.2) is 0 Å². The Kier molecular flexibility index (Phi) is 3.78. The number of halogens is 1. The summed E-state index contributed by atoms with van der Waals surface area (Å²) >= 11 is 10.9. The molecule has 76 valence electrons. The molecular weight excluding hydrogens is 220 g/mol. The van der Waals surface area contributed by atoms with Crippen molar-refractivity contribution < 1.29 is 0 Å². The van der Waals surface area contributed by atoms with Gasteiger partial charge in [0, 0.05) is 0 Å². The van der Waals surface area contributed by atoms with Crippen LogP contribution in [-0.4, -0.2) is 21.0 Å². The van der Waals surface area contributed by atoms with Gasteiger partial charge in [0.2, 0.25) is 0 Å². The minimum atomic E-state index is 0.147. The summed E-state index contributed by atoms with van der Waals surface area (Å²) in [5.41, 5.74) is 0. The van der Waals surface area contributed by atoms with Crippen LogP contribution in [0.1, 0.15) is 38.5 Å². The van der Waals surface area contributed by atoms with Crippen molar-refractivity contribution >= 4 is 35.1 Å². The topological polar surface area (TPSA) is 0 Å². The minimum absolute atomic E-state index is 0.147. The third-order valence-corrected chi connectivity index (χ3v) is 7.16. The molecule has 0 spiro atoms. The van der Waals surface area contributed by atoms with E-state index in [1.165, 1.54) is 50.0 Å². The number of rotatable bonds is 1. The molecule has 0 unspecified atom stereocenters. The second kappa shape index (κ2) is 4.67. The van der Waals surface area contributed by atoms with Crippen molar-refractivity contribution in [3.8, 4) is 0 Å². The zero-order valence-corrected chi connectivity index (χ0v) is 10.3. The maximum absolute atomic E-state index is 6.71. The molecule has 13 heavy (non-hydrogen) atoms. The molecule has 0 aromatic heterocycles. The lowest BCUT2D eigenvalue weighted by atomic mass is 9.90. The lowest BCUT2D eigenvalue weighted by Crippen LogP contribution is -2.36. The van der Waals surface area contributed by atoms with E-state index in [4.69, 9.17) is 11.6 Å². The van der Waals surface area contributed by atoms with E-state index >= 15 is 0 Å². The first-order chi connectivity index (χ1) is 6.31. The van der Waals surface area contributed by atoms with Gasteiger partial charge in [-0.3, -0.25) is 0 Å². The third-order valence-electron chi connectivity index (χ3n) is 2.93. The first-order valence-corrected chi connectivity index (χ1v) is 7.71. The van der Waals surface area contributed by atoms with Crippen molar-refractivity contribution in [2.75, 3.05) is 11.5 Å². The summed E-state index contributed by atoms with van der Waals surface area (Å²) in [5, 5.41) is 0. The van der Waals surface area contributed by atoms with E-state index in [1.54, 1.807) is 0 Å². The Bertz CT molecular complexity index is 160. The van der Waals surface area contributed by atoms with Crippen LogP contribution < -0.4 is 0 Å². The molecule has 1 saturated heterocycles. The van der Waals surface area contributed by atoms with E-state index in [1.807, 2.05) is 0 Å². The fourth-order valence-corrected chi connectivity index (χ4v) is 6.07. The van der Waals surface area contributed by atoms with Crippen LogP contribution >= 0.6 is 35.1 Å². The lowest BCUT2D eigenvalue weighted by Gasteiger charge is -2.39. The van der Waals surface area contributed by atoms with E-state index in [0.717, 1.165) is 0 Å². The van der Waals surface area contributed by atoms with Gasteiger partial charge in [-0.05, 0) is 30.8 Å². The molecule has 1 aliphatic heterocycles. The Balaban J connectivity index is 1.94. The van der Waals surface area contributed by atoms with Crippen LogP contribution in [0.2, 0.25) is 0 Å². The Morgan fingerprint density at radius 1 is 0.923 bits per heavy atom. The molecule has 0 aromatic rings. The molecule has 0 nitrogen and oxygen atoms in total. The van der Waals surface area contributed by atoms with E-state index in [9.17, 15) is 0 Å². The molecule has 0 atom stereocenters. The van der Waals surface area contributed by atoms with Crippen LogP contribution in [0, 0.1) is 0 Å². The van der Waals surface area contributed by atoms with Gasteiger partial charge in [0.25, 0.3) is 0 Å². The maximum Gasteiger partial charge on any atom is 0.0693 e. The van der Waals surface area contributed by atoms with Crippen LogP contribution in [-0.2, 0) is 0 Å². The van der Waals surface area contributed by atoms with Crippen molar-refractivity contribution in [2.45, 2.75) is 48.0 Å². The number of hydrogen-bond donors (Lipinski definition) is 0. The first kappa shape index (κ1) is 10.5. The Labute approximate surface area is 94.6 Å². The zero-order valence-electron chi connectivity index (χ0n) is 7.93. The van der Waals surface area contributed by atoms with E-state index in [0.29, 0.717) is 4.58 Å². The minimum Gasteiger partial charge on any atom is -0.146 e. The lowest BCUT2D eigenvalue weighted by molar-refractivity contribution is 0.409. The van der Waals surface area contributed by atoms with Crippen molar-refractivity contribution in [1.82, 2.24) is 0 Å². The van der Waals surface area contributed by atoms with Crippen molar-refractivity contribution in [3.63, 3.8) is 0 Å². The van der Waals surface area contributed by atoms with Gasteiger partial charge in [-0.1, -0.05) is 19.3 Å². The van der Waals surface area contributed by atoms with Crippen molar-refractivity contribution in [2.24, 2.45) is 0 Å². The Hall–Kier alpha value is 0.990.